The van der Waals surface area contributed by atoms with Crippen LogP contribution in [-0.4, -0.2) is 59.4 Å². The van der Waals surface area contributed by atoms with Crippen LogP contribution in [0.2, 0.25) is 0 Å². The third-order valence-corrected chi connectivity index (χ3v) is 5.27. The van der Waals surface area contributed by atoms with Crippen LogP contribution in [0.3, 0.4) is 0 Å². The van der Waals surface area contributed by atoms with Crippen molar-refractivity contribution in [1.29, 1.82) is 0 Å². The average Bonchev–Trinajstić information content (AvgIpc) is 3.08. The fourth-order valence-corrected chi connectivity index (χ4v) is 3.55. The summed E-state index contributed by atoms with van der Waals surface area (Å²) < 4.78 is 9.20. The first-order chi connectivity index (χ1) is 12.3. The van der Waals surface area contributed by atoms with Crippen molar-refractivity contribution in [1.82, 2.24) is 14.4 Å². The molecule has 142 valence electrons. The quantitative estimate of drug-likeness (QED) is 0.721. The van der Waals surface area contributed by atoms with E-state index in [1.165, 1.54) is 9.80 Å². The normalized spacial score (nSPS) is 19.3. The van der Waals surface area contributed by atoms with Crippen molar-refractivity contribution in [3.63, 3.8) is 0 Å². The van der Waals surface area contributed by atoms with Crippen molar-refractivity contribution >= 4 is 23.7 Å². The standard InChI is InChI=1S/C18H28N5O3/c1-11(2)7-8-22-16(24)14-15(20(5)18(22)25)19-17-21(9-10-26-6)12(3)13(4)23(14)17/h11,14H,7-10H2,1-6H3/q+1. The smallest absolute Gasteiger partial charge is 0.381 e. The molecule has 1 atom stereocenters. The van der Waals surface area contributed by atoms with Crippen molar-refractivity contribution in [2.24, 2.45) is 10.9 Å². The highest BCUT2D eigenvalue weighted by Crippen LogP contribution is 2.35. The van der Waals surface area contributed by atoms with Gasteiger partial charge in [0.1, 0.15) is 11.4 Å². The van der Waals surface area contributed by atoms with Crippen LogP contribution in [0.4, 0.5) is 10.7 Å². The molecule has 0 radical (unpaired) electrons. The summed E-state index contributed by atoms with van der Waals surface area (Å²) in [6.07, 6.45) is 0.787. The van der Waals surface area contributed by atoms with Gasteiger partial charge >= 0.3 is 12.0 Å². The number of amides is 3. The van der Waals surface area contributed by atoms with Gasteiger partial charge in [-0.15, -0.1) is 0 Å². The fourth-order valence-electron chi connectivity index (χ4n) is 3.55. The molecule has 1 aromatic rings. The van der Waals surface area contributed by atoms with Crippen LogP contribution in [0, 0.1) is 19.8 Å². The van der Waals surface area contributed by atoms with Crippen LogP contribution in [0.25, 0.3) is 0 Å². The van der Waals surface area contributed by atoms with Gasteiger partial charge in [-0.1, -0.05) is 18.8 Å². The molecule has 1 unspecified atom stereocenters. The van der Waals surface area contributed by atoms with Gasteiger partial charge in [-0.3, -0.25) is 14.6 Å². The molecule has 1 saturated heterocycles. The Labute approximate surface area is 154 Å². The molecule has 2 aliphatic rings. The lowest BCUT2D eigenvalue weighted by Gasteiger charge is -2.33. The largest absolute Gasteiger partial charge is 0.402 e. The number of rotatable bonds is 6. The predicted molar refractivity (Wildman–Crippen MR) is 96.4 cm³/mol. The molecule has 1 aromatic heterocycles. The maximum absolute atomic E-state index is 13.2. The number of amidine groups is 1. The zero-order valence-corrected chi connectivity index (χ0v) is 16.4. The second-order valence-electron chi connectivity index (χ2n) is 7.37. The summed E-state index contributed by atoms with van der Waals surface area (Å²) >= 11 is 0. The number of carbonyl (C=O) groups is 2. The van der Waals surface area contributed by atoms with Crippen LogP contribution < -0.4 is 4.57 Å². The highest BCUT2D eigenvalue weighted by Gasteiger charge is 2.53. The molecule has 1 fully saturated rings. The van der Waals surface area contributed by atoms with Gasteiger partial charge in [-0.05, 0) is 26.2 Å². The molecular formula is C18H28N5O3+. The number of aliphatic imine (C=N–C) groups is 1. The van der Waals surface area contributed by atoms with Gasteiger partial charge in [0.05, 0.1) is 13.2 Å². The topological polar surface area (TPSA) is 71.0 Å². The molecule has 0 aliphatic carbocycles. The number of hydrogen-bond acceptors (Lipinski definition) is 4. The van der Waals surface area contributed by atoms with Gasteiger partial charge < -0.3 is 4.74 Å². The summed E-state index contributed by atoms with van der Waals surface area (Å²) in [5.41, 5.74) is 2.04. The Hall–Kier alpha value is -2.22. The molecule has 8 heteroatoms. The first-order valence-corrected chi connectivity index (χ1v) is 9.07. The molecular weight excluding hydrogens is 334 g/mol. The van der Waals surface area contributed by atoms with Crippen LogP contribution in [0.1, 0.15) is 37.7 Å². The third kappa shape index (κ3) is 2.72. The van der Waals surface area contributed by atoms with Crippen molar-refractivity contribution < 1.29 is 18.9 Å². The van der Waals surface area contributed by atoms with Crippen LogP contribution in [0.15, 0.2) is 4.99 Å². The fraction of sp³-hybridized carbons (Fsp3) is 0.667. The number of imidazole rings is 1. The van der Waals surface area contributed by atoms with E-state index in [1.807, 2.05) is 23.0 Å². The van der Waals surface area contributed by atoms with Gasteiger partial charge in [-0.25, -0.2) is 13.9 Å². The highest BCUT2D eigenvalue weighted by atomic mass is 16.5. The minimum absolute atomic E-state index is 0.191. The van der Waals surface area contributed by atoms with E-state index in [0.29, 0.717) is 37.4 Å². The molecule has 0 aromatic carbocycles. The van der Waals surface area contributed by atoms with E-state index >= 15 is 0 Å². The predicted octanol–water partition coefficient (Wildman–Crippen LogP) is 1.56. The number of urea groups is 1. The number of ether oxygens (including phenoxy) is 1. The van der Waals surface area contributed by atoms with Gasteiger partial charge in [0, 0.05) is 20.7 Å². The van der Waals surface area contributed by atoms with E-state index in [1.54, 1.807) is 14.2 Å². The number of likely N-dealkylation sites (N-methyl/N-ethyl adjacent to an activating group) is 1. The van der Waals surface area contributed by atoms with Gasteiger partial charge in [0.15, 0.2) is 0 Å². The number of nitrogens with zero attached hydrogens (tertiary/aromatic N) is 5. The molecule has 3 amide bonds. The summed E-state index contributed by atoms with van der Waals surface area (Å²) in [6.45, 7) is 9.82. The Morgan fingerprint density at radius 1 is 1.27 bits per heavy atom. The molecule has 8 nitrogen and oxygen atoms in total. The zero-order valence-electron chi connectivity index (χ0n) is 16.4. The lowest BCUT2D eigenvalue weighted by Crippen LogP contribution is -2.58. The molecule has 0 saturated carbocycles. The van der Waals surface area contributed by atoms with E-state index in [2.05, 4.69) is 18.8 Å². The van der Waals surface area contributed by atoms with Gasteiger partial charge in [-0.2, -0.15) is 0 Å². The van der Waals surface area contributed by atoms with E-state index in [9.17, 15) is 9.59 Å². The van der Waals surface area contributed by atoms with Crippen molar-refractivity contribution in [3.05, 3.63) is 11.4 Å². The van der Waals surface area contributed by atoms with Gasteiger partial charge in [0.25, 0.3) is 5.91 Å². The monoisotopic (exact) mass is 362 g/mol. The number of carbonyl (C=O) groups excluding carboxylic acids is 2. The van der Waals surface area contributed by atoms with E-state index in [0.717, 1.165) is 17.8 Å². The maximum Gasteiger partial charge on any atom is 0.402 e. The average molecular weight is 362 g/mol. The van der Waals surface area contributed by atoms with E-state index in [-0.39, 0.29) is 11.9 Å². The second kappa shape index (κ2) is 6.83. The summed E-state index contributed by atoms with van der Waals surface area (Å²) in [5.74, 6) is 1.44. The van der Waals surface area contributed by atoms with Crippen molar-refractivity contribution in [3.8, 4) is 0 Å². The Morgan fingerprint density at radius 3 is 2.58 bits per heavy atom. The summed E-state index contributed by atoms with van der Waals surface area (Å²) in [7, 11) is 3.35. The van der Waals surface area contributed by atoms with Gasteiger partial charge in [0.2, 0.25) is 11.9 Å². The highest BCUT2D eigenvalue weighted by molar-refractivity contribution is 6.20. The number of hydrogen-bond donors (Lipinski definition) is 0. The van der Waals surface area contributed by atoms with Crippen molar-refractivity contribution in [2.45, 2.75) is 46.7 Å². The Kier molecular flexibility index (Phi) is 4.88. The summed E-state index contributed by atoms with van der Waals surface area (Å²) in [5, 5.41) is 0. The SMILES string of the molecule is COCC[n+]1c(C)c(C)n2c1N=C1C2C(=O)N(CCC(C)C)C(=O)N1C. The van der Waals surface area contributed by atoms with Crippen LogP contribution in [-0.2, 0) is 16.1 Å². The lowest BCUT2D eigenvalue weighted by molar-refractivity contribution is -0.690. The third-order valence-electron chi connectivity index (χ3n) is 5.27. The first-order valence-electron chi connectivity index (χ1n) is 9.07. The molecule has 2 aliphatic heterocycles. The molecule has 3 rings (SSSR count). The van der Waals surface area contributed by atoms with E-state index in [4.69, 9.17) is 4.74 Å². The number of aromatic nitrogens is 2. The van der Waals surface area contributed by atoms with Crippen LogP contribution in [0.5, 0.6) is 0 Å². The number of methoxy groups -OCH3 is 1. The van der Waals surface area contributed by atoms with Crippen LogP contribution >= 0.6 is 0 Å². The Morgan fingerprint density at radius 2 is 1.96 bits per heavy atom. The minimum atomic E-state index is -0.567. The Balaban J connectivity index is 2.02. The maximum atomic E-state index is 13.2. The minimum Gasteiger partial charge on any atom is -0.381 e. The lowest BCUT2D eigenvalue weighted by atomic mass is 10.1. The second-order valence-corrected chi connectivity index (χ2v) is 7.37. The van der Waals surface area contributed by atoms with Crippen molar-refractivity contribution in [2.75, 3.05) is 27.3 Å². The summed E-state index contributed by atoms with van der Waals surface area (Å²) in [4.78, 5) is 33.4. The van der Waals surface area contributed by atoms with E-state index < -0.39 is 6.04 Å². The molecule has 0 spiro atoms. The Bertz CT molecular complexity index is 780. The number of imide groups is 1. The zero-order chi connectivity index (χ0) is 19.2. The molecule has 0 bridgehead atoms. The first kappa shape index (κ1) is 18.6. The number of fused-ring (bicyclic) bond motifs is 3. The molecule has 0 N–H and O–H groups in total. The molecule has 26 heavy (non-hydrogen) atoms. The summed E-state index contributed by atoms with van der Waals surface area (Å²) in [6, 6.07) is -0.864. The molecule has 3 heterocycles.